The largest absolute Gasteiger partial charge is 0.352 e. The number of carbonyl (C=O) groups is 3. The fourth-order valence-corrected chi connectivity index (χ4v) is 3.48. The highest BCUT2D eigenvalue weighted by molar-refractivity contribution is 6.04. The molecule has 2 N–H and O–H groups in total. The van der Waals surface area contributed by atoms with Crippen molar-refractivity contribution in [1.82, 2.24) is 5.32 Å². The van der Waals surface area contributed by atoms with E-state index < -0.39 is 0 Å². The average molecular weight is 469 g/mol. The predicted molar refractivity (Wildman–Crippen MR) is 136 cm³/mol. The average Bonchev–Trinajstić information content (AvgIpc) is 2.87. The van der Waals surface area contributed by atoms with Gasteiger partial charge in [0.2, 0.25) is 11.8 Å². The van der Waals surface area contributed by atoms with Gasteiger partial charge in [-0.15, -0.1) is 0 Å². The third kappa shape index (κ3) is 7.83. The van der Waals surface area contributed by atoms with Gasteiger partial charge in [0.05, 0.1) is 12.5 Å². The summed E-state index contributed by atoms with van der Waals surface area (Å²) in [6, 6.07) is 25.7. The van der Waals surface area contributed by atoms with E-state index in [2.05, 4.69) is 16.7 Å². The van der Waals surface area contributed by atoms with Gasteiger partial charge in [-0.25, -0.2) is 0 Å². The number of carbonyl (C=O) groups excluding carboxylic acids is 3. The molecule has 0 unspecified atom stereocenters. The van der Waals surface area contributed by atoms with E-state index in [0.717, 1.165) is 11.1 Å². The number of nitrogens with one attached hydrogen (secondary N) is 2. The maximum Gasteiger partial charge on any atom is 0.255 e. The second kappa shape index (κ2) is 12.7. The van der Waals surface area contributed by atoms with Crippen molar-refractivity contribution in [3.05, 3.63) is 95.6 Å². The molecule has 0 aliphatic heterocycles. The van der Waals surface area contributed by atoms with Crippen LogP contribution in [0, 0.1) is 18.3 Å². The summed E-state index contributed by atoms with van der Waals surface area (Å²) in [6.45, 7) is 2.52. The van der Waals surface area contributed by atoms with Gasteiger partial charge in [-0.2, -0.15) is 5.26 Å². The maximum atomic E-state index is 12.7. The molecule has 178 valence electrons. The second-order valence-electron chi connectivity index (χ2n) is 8.09. The van der Waals surface area contributed by atoms with Crippen LogP contribution in [0.25, 0.3) is 0 Å². The molecule has 0 heterocycles. The zero-order valence-electron chi connectivity index (χ0n) is 19.7. The van der Waals surface area contributed by atoms with Crippen LogP contribution in [-0.4, -0.2) is 24.3 Å². The highest BCUT2D eigenvalue weighted by Gasteiger charge is 2.16. The van der Waals surface area contributed by atoms with Gasteiger partial charge in [0, 0.05) is 42.9 Å². The van der Waals surface area contributed by atoms with E-state index in [0.29, 0.717) is 16.9 Å². The number of hydrogen-bond donors (Lipinski definition) is 2. The van der Waals surface area contributed by atoms with Gasteiger partial charge >= 0.3 is 0 Å². The number of anilines is 2. The molecule has 35 heavy (non-hydrogen) atoms. The highest BCUT2D eigenvalue weighted by Crippen LogP contribution is 2.16. The number of amides is 3. The first kappa shape index (κ1) is 25.2. The SMILES string of the molecule is Cc1ccc(C(=O)Nc2cccc(CNC(=O)CCC(=O)N(CCC#N)c3ccccc3)c2)cc1. The van der Waals surface area contributed by atoms with E-state index >= 15 is 0 Å². The molecule has 0 fully saturated rings. The van der Waals surface area contributed by atoms with E-state index in [9.17, 15) is 14.4 Å². The van der Waals surface area contributed by atoms with Crippen LogP contribution in [0.1, 0.15) is 40.7 Å². The van der Waals surface area contributed by atoms with Crippen molar-refractivity contribution in [1.29, 1.82) is 5.26 Å². The Balaban J connectivity index is 1.50. The molecule has 0 spiro atoms. The van der Waals surface area contributed by atoms with E-state index in [4.69, 9.17) is 5.26 Å². The summed E-state index contributed by atoms with van der Waals surface area (Å²) in [7, 11) is 0. The lowest BCUT2D eigenvalue weighted by molar-refractivity contribution is -0.125. The number of para-hydroxylation sites is 1. The van der Waals surface area contributed by atoms with Gasteiger partial charge < -0.3 is 15.5 Å². The van der Waals surface area contributed by atoms with Crippen LogP contribution in [0.3, 0.4) is 0 Å². The first-order valence-electron chi connectivity index (χ1n) is 11.4. The minimum atomic E-state index is -0.249. The smallest absolute Gasteiger partial charge is 0.255 e. The molecule has 0 saturated carbocycles. The minimum Gasteiger partial charge on any atom is -0.352 e. The number of hydrogen-bond acceptors (Lipinski definition) is 4. The fraction of sp³-hybridized carbons (Fsp3) is 0.214. The van der Waals surface area contributed by atoms with Gasteiger partial charge in [-0.05, 0) is 48.9 Å². The summed E-state index contributed by atoms with van der Waals surface area (Å²) < 4.78 is 0. The molecule has 3 aromatic rings. The Hall–Kier alpha value is -4.44. The summed E-state index contributed by atoms with van der Waals surface area (Å²) >= 11 is 0. The quantitative estimate of drug-likeness (QED) is 0.454. The summed E-state index contributed by atoms with van der Waals surface area (Å²) in [5, 5.41) is 14.6. The lowest BCUT2D eigenvalue weighted by atomic mass is 10.1. The van der Waals surface area contributed by atoms with Crippen molar-refractivity contribution < 1.29 is 14.4 Å². The maximum absolute atomic E-state index is 12.7. The summed E-state index contributed by atoms with van der Waals surface area (Å²) in [5.41, 5.74) is 3.81. The normalized spacial score (nSPS) is 10.2. The molecule has 0 aliphatic carbocycles. The fourth-order valence-electron chi connectivity index (χ4n) is 3.48. The van der Waals surface area contributed by atoms with Crippen LogP contribution in [-0.2, 0) is 16.1 Å². The van der Waals surface area contributed by atoms with E-state index in [1.54, 1.807) is 36.4 Å². The molecule has 0 bridgehead atoms. The minimum absolute atomic E-state index is 0.0402. The lowest BCUT2D eigenvalue weighted by Crippen LogP contribution is -2.33. The van der Waals surface area contributed by atoms with Gasteiger partial charge in [0.1, 0.15) is 0 Å². The van der Waals surface area contributed by atoms with Crippen LogP contribution >= 0.6 is 0 Å². The van der Waals surface area contributed by atoms with Crippen molar-refractivity contribution in [3.8, 4) is 6.07 Å². The number of nitriles is 1. The number of nitrogens with zero attached hydrogens (tertiary/aromatic N) is 2. The van der Waals surface area contributed by atoms with Crippen molar-refractivity contribution in [2.24, 2.45) is 0 Å². The Morgan fingerprint density at radius 1 is 0.914 bits per heavy atom. The first-order chi connectivity index (χ1) is 17.0. The van der Waals surface area contributed by atoms with Crippen LogP contribution in [0.2, 0.25) is 0 Å². The van der Waals surface area contributed by atoms with Crippen LogP contribution in [0.4, 0.5) is 11.4 Å². The standard InChI is InChI=1S/C28H28N4O3/c1-21-11-13-23(14-12-21)28(35)31-24-8-5-7-22(19-24)20-30-26(33)15-16-27(34)32(18-6-17-29)25-9-3-2-4-10-25/h2-5,7-14,19H,6,15-16,18,20H2,1H3,(H,30,33)(H,31,35). The Labute approximate surface area is 205 Å². The Bertz CT molecular complexity index is 1200. The summed E-state index contributed by atoms with van der Waals surface area (Å²) in [6.07, 6.45) is 0.293. The molecule has 7 heteroatoms. The van der Waals surface area contributed by atoms with Crippen molar-refractivity contribution in [2.75, 3.05) is 16.8 Å². The van der Waals surface area contributed by atoms with Gasteiger partial charge in [-0.1, -0.05) is 48.0 Å². The zero-order valence-corrected chi connectivity index (χ0v) is 19.7. The number of rotatable bonds is 10. The molecule has 7 nitrogen and oxygen atoms in total. The van der Waals surface area contributed by atoms with Gasteiger partial charge in [0.15, 0.2) is 0 Å². The number of benzene rings is 3. The molecule has 0 aromatic heterocycles. The molecule has 3 aromatic carbocycles. The van der Waals surface area contributed by atoms with E-state index in [-0.39, 0.29) is 50.1 Å². The molecule has 0 radical (unpaired) electrons. The monoisotopic (exact) mass is 468 g/mol. The molecule has 0 aliphatic rings. The lowest BCUT2D eigenvalue weighted by Gasteiger charge is -2.21. The second-order valence-corrected chi connectivity index (χ2v) is 8.09. The first-order valence-corrected chi connectivity index (χ1v) is 11.4. The third-order valence-corrected chi connectivity index (χ3v) is 5.37. The molecular formula is C28H28N4O3. The summed E-state index contributed by atoms with van der Waals surface area (Å²) in [4.78, 5) is 39.1. The predicted octanol–water partition coefficient (Wildman–Crippen LogP) is 4.59. The van der Waals surface area contributed by atoms with Crippen LogP contribution < -0.4 is 15.5 Å². The van der Waals surface area contributed by atoms with Gasteiger partial charge in [0.25, 0.3) is 5.91 Å². The third-order valence-electron chi connectivity index (χ3n) is 5.37. The van der Waals surface area contributed by atoms with Crippen molar-refractivity contribution in [2.45, 2.75) is 32.7 Å². The Morgan fingerprint density at radius 2 is 1.66 bits per heavy atom. The van der Waals surface area contributed by atoms with Crippen molar-refractivity contribution >= 4 is 29.1 Å². The van der Waals surface area contributed by atoms with Crippen molar-refractivity contribution in [3.63, 3.8) is 0 Å². The Kier molecular flexibility index (Phi) is 9.14. The molecular weight excluding hydrogens is 440 g/mol. The molecule has 0 atom stereocenters. The van der Waals surface area contributed by atoms with Crippen LogP contribution in [0.15, 0.2) is 78.9 Å². The van der Waals surface area contributed by atoms with Crippen LogP contribution in [0.5, 0.6) is 0 Å². The van der Waals surface area contributed by atoms with E-state index in [1.807, 2.05) is 49.4 Å². The Morgan fingerprint density at radius 3 is 2.37 bits per heavy atom. The molecule has 3 amide bonds. The molecule has 3 rings (SSSR count). The zero-order chi connectivity index (χ0) is 25.0. The molecule has 0 saturated heterocycles. The highest BCUT2D eigenvalue weighted by atomic mass is 16.2. The van der Waals surface area contributed by atoms with Gasteiger partial charge in [-0.3, -0.25) is 14.4 Å². The summed E-state index contributed by atoms with van der Waals surface area (Å²) in [5.74, 6) is -0.660. The van der Waals surface area contributed by atoms with E-state index in [1.165, 1.54) is 4.90 Å². The number of aryl methyl sites for hydroxylation is 1. The topological polar surface area (TPSA) is 102 Å².